The second-order valence-electron chi connectivity index (χ2n) is 16.5. The number of nitrogens with zero attached hydrogens (tertiary/aromatic N) is 1. The van der Waals surface area contributed by atoms with Gasteiger partial charge in [-0.3, -0.25) is 4.90 Å². The average molecular weight is 786 g/mol. The van der Waals surface area contributed by atoms with Crippen LogP contribution in [0.2, 0.25) is 5.04 Å². The highest BCUT2D eigenvalue weighted by Crippen LogP contribution is 2.39. The van der Waals surface area contributed by atoms with Crippen LogP contribution in [0.25, 0.3) is 0 Å². The van der Waals surface area contributed by atoms with Crippen LogP contribution in [0.1, 0.15) is 63.0 Å². The molecule has 9 heteroatoms. The molecule has 1 fully saturated rings. The van der Waals surface area contributed by atoms with Crippen molar-refractivity contribution < 1.29 is 33.0 Å². The maximum atomic E-state index is 14.7. The Morgan fingerprint density at radius 2 is 0.965 bits per heavy atom. The molecule has 0 N–H and O–H groups in total. The van der Waals surface area contributed by atoms with E-state index in [9.17, 15) is 9.59 Å². The fraction of sp³-hybridized carbons (Fsp3) is 0.333. The standard InChI is InChI=1S/C48H55NO7Si/c1-47(2,3)56-46(51)49-41(34-54-45(50)38-26-16-9-17-27-38)43(52-32-36-22-12-7-13-23-36)44(53-33-37-24-14-8-15-25-37)42(49)35-55-57(48(4,5)6,39-28-18-10-19-29-39)40-30-20-11-21-31-40/h7-31,41-44H,32-35H2,1-6H3/t41-,42-,43-,44+/m1/s1. The minimum absolute atomic E-state index is 0.0975. The summed E-state index contributed by atoms with van der Waals surface area (Å²) in [5.41, 5.74) is 1.50. The van der Waals surface area contributed by atoms with Gasteiger partial charge in [-0.2, -0.15) is 0 Å². The van der Waals surface area contributed by atoms with Crippen molar-refractivity contribution in [2.75, 3.05) is 13.2 Å². The van der Waals surface area contributed by atoms with E-state index < -0.39 is 50.3 Å². The molecule has 0 aromatic heterocycles. The third kappa shape index (κ3) is 10.1. The van der Waals surface area contributed by atoms with Crippen LogP contribution in [0.4, 0.5) is 4.79 Å². The van der Waals surface area contributed by atoms with Gasteiger partial charge in [-0.1, -0.05) is 160 Å². The first-order valence-corrected chi connectivity index (χ1v) is 21.6. The quantitative estimate of drug-likeness (QED) is 0.0825. The molecule has 1 aliphatic heterocycles. The molecule has 0 bridgehead atoms. The number of esters is 1. The first kappa shape index (κ1) is 41.6. The summed E-state index contributed by atoms with van der Waals surface area (Å²) in [5, 5.41) is 1.88. The normalized spacial score (nSPS) is 18.6. The number of likely N-dealkylation sites (tertiary alicyclic amines) is 1. The van der Waals surface area contributed by atoms with E-state index in [1.807, 2.05) is 124 Å². The van der Waals surface area contributed by atoms with Crippen molar-refractivity contribution in [3.63, 3.8) is 0 Å². The van der Waals surface area contributed by atoms with Gasteiger partial charge in [-0.15, -0.1) is 0 Å². The van der Waals surface area contributed by atoms with Crippen LogP contribution in [0, 0.1) is 0 Å². The first-order chi connectivity index (χ1) is 27.4. The van der Waals surface area contributed by atoms with Crippen molar-refractivity contribution in [1.29, 1.82) is 0 Å². The number of carbonyl (C=O) groups is 2. The number of hydrogen-bond donors (Lipinski definition) is 0. The SMILES string of the molecule is CC(C)(C)OC(=O)N1[C@H](CO[Si](c2ccccc2)(c2ccccc2)C(C)(C)C)[C@H](OCc2ccccc2)[C@H](OCc2ccccc2)[C@H]1COC(=O)c1ccccc1. The molecular weight excluding hydrogens is 731 g/mol. The number of ether oxygens (including phenoxy) is 4. The summed E-state index contributed by atoms with van der Waals surface area (Å²) < 4.78 is 33.5. The van der Waals surface area contributed by atoms with Gasteiger partial charge in [-0.25, -0.2) is 9.59 Å². The summed E-state index contributed by atoms with van der Waals surface area (Å²) in [6.45, 7) is 12.6. The van der Waals surface area contributed by atoms with E-state index in [0.717, 1.165) is 21.5 Å². The molecular formula is C48H55NO7Si. The minimum atomic E-state index is -3.10. The number of amides is 1. The van der Waals surface area contributed by atoms with Crippen LogP contribution in [0.3, 0.4) is 0 Å². The van der Waals surface area contributed by atoms with Crippen molar-refractivity contribution in [1.82, 2.24) is 4.90 Å². The van der Waals surface area contributed by atoms with E-state index in [-0.39, 0.29) is 31.5 Å². The monoisotopic (exact) mass is 785 g/mol. The summed E-state index contributed by atoms with van der Waals surface area (Å²) in [6.07, 6.45) is -2.02. The Balaban J connectivity index is 1.47. The number of rotatable bonds is 14. The molecule has 5 aromatic rings. The second-order valence-corrected chi connectivity index (χ2v) is 20.8. The van der Waals surface area contributed by atoms with Crippen molar-refractivity contribution in [2.45, 2.75) is 89.7 Å². The van der Waals surface area contributed by atoms with Crippen molar-refractivity contribution in [3.8, 4) is 0 Å². The fourth-order valence-corrected chi connectivity index (χ4v) is 12.2. The van der Waals surface area contributed by atoms with Crippen molar-refractivity contribution in [3.05, 3.63) is 168 Å². The molecule has 0 spiro atoms. The fourth-order valence-electron chi connectivity index (χ4n) is 7.67. The van der Waals surface area contributed by atoms with E-state index in [1.54, 1.807) is 29.2 Å². The highest BCUT2D eigenvalue weighted by atomic mass is 28.4. The van der Waals surface area contributed by atoms with Gasteiger partial charge >= 0.3 is 12.1 Å². The number of benzene rings is 5. The zero-order valence-electron chi connectivity index (χ0n) is 33.9. The summed E-state index contributed by atoms with van der Waals surface area (Å²) in [4.78, 5) is 29.9. The van der Waals surface area contributed by atoms with Gasteiger partial charge in [0.25, 0.3) is 8.32 Å². The van der Waals surface area contributed by atoms with Crippen LogP contribution >= 0.6 is 0 Å². The maximum Gasteiger partial charge on any atom is 0.411 e. The lowest BCUT2D eigenvalue weighted by Gasteiger charge is -2.44. The summed E-state index contributed by atoms with van der Waals surface area (Å²) in [7, 11) is -3.10. The predicted octanol–water partition coefficient (Wildman–Crippen LogP) is 8.58. The lowest BCUT2D eigenvalue weighted by molar-refractivity contribution is -0.0858. The summed E-state index contributed by atoms with van der Waals surface area (Å²) >= 11 is 0. The molecule has 0 saturated carbocycles. The van der Waals surface area contributed by atoms with Gasteiger partial charge in [-0.05, 0) is 59.4 Å². The molecule has 57 heavy (non-hydrogen) atoms. The average Bonchev–Trinajstić information content (AvgIpc) is 3.51. The van der Waals surface area contributed by atoms with Gasteiger partial charge in [0.2, 0.25) is 0 Å². The molecule has 0 unspecified atom stereocenters. The zero-order valence-corrected chi connectivity index (χ0v) is 34.9. The molecule has 0 radical (unpaired) electrons. The smallest absolute Gasteiger partial charge is 0.411 e. The molecule has 298 valence electrons. The van der Waals surface area contributed by atoms with E-state index in [4.69, 9.17) is 23.4 Å². The van der Waals surface area contributed by atoms with E-state index >= 15 is 0 Å². The number of carbonyl (C=O) groups excluding carboxylic acids is 2. The van der Waals surface area contributed by atoms with Crippen LogP contribution in [-0.2, 0) is 36.6 Å². The van der Waals surface area contributed by atoms with Crippen LogP contribution < -0.4 is 10.4 Å². The van der Waals surface area contributed by atoms with Crippen LogP contribution in [-0.4, -0.2) is 68.4 Å². The molecule has 1 heterocycles. The Labute approximate surface area is 338 Å². The van der Waals surface area contributed by atoms with Gasteiger partial charge in [0.15, 0.2) is 0 Å². The number of hydrogen-bond acceptors (Lipinski definition) is 7. The molecule has 1 saturated heterocycles. The van der Waals surface area contributed by atoms with Crippen LogP contribution in [0.15, 0.2) is 152 Å². The van der Waals surface area contributed by atoms with Crippen LogP contribution in [0.5, 0.6) is 0 Å². The van der Waals surface area contributed by atoms with Gasteiger partial charge in [0.05, 0.1) is 37.5 Å². The van der Waals surface area contributed by atoms with E-state index in [1.165, 1.54) is 0 Å². The molecule has 0 aliphatic carbocycles. The molecule has 5 aromatic carbocycles. The molecule has 1 aliphatic rings. The van der Waals surface area contributed by atoms with Gasteiger partial charge in [0.1, 0.15) is 24.4 Å². The zero-order chi connectivity index (χ0) is 40.5. The topological polar surface area (TPSA) is 83.5 Å². The lowest BCUT2D eigenvalue weighted by Crippen LogP contribution is -2.67. The maximum absolute atomic E-state index is 14.7. The van der Waals surface area contributed by atoms with Crippen molar-refractivity contribution >= 4 is 30.8 Å². The van der Waals surface area contributed by atoms with Crippen molar-refractivity contribution in [2.24, 2.45) is 0 Å². The highest BCUT2D eigenvalue weighted by Gasteiger charge is 2.57. The Morgan fingerprint density at radius 1 is 0.561 bits per heavy atom. The van der Waals surface area contributed by atoms with Gasteiger partial charge in [0, 0.05) is 0 Å². The molecule has 1 amide bonds. The van der Waals surface area contributed by atoms with Gasteiger partial charge < -0.3 is 23.4 Å². The Bertz CT molecular complexity index is 1960. The third-order valence-corrected chi connectivity index (χ3v) is 15.3. The first-order valence-electron chi connectivity index (χ1n) is 19.7. The Kier molecular flexibility index (Phi) is 13.5. The predicted molar refractivity (Wildman–Crippen MR) is 226 cm³/mol. The largest absolute Gasteiger partial charge is 0.460 e. The second kappa shape index (κ2) is 18.5. The molecule has 6 rings (SSSR count). The Hall–Kier alpha value is -5.06. The summed E-state index contributed by atoms with van der Waals surface area (Å²) in [5.74, 6) is -0.504. The summed E-state index contributed by atoms with van der Waals surface area (Å²) in [6, 6.07) is 47.9. The third-order valence-electron chi connectivity index (χ3n) is 10.3. The molecule has 4 atom stereocenters. The lowest BCUT2D eigenvalue weighted by atomic mass is 10.1. The van der Waals surface area contributed by atoms with E-state index in [2.05, 4.69) is 45.0 Å². The molecule has 8 nitrogen and oxygen atoms in total. The highest BCUT2D eigenvalue weighted by molar-refractivity contribution is 6.99. The van der Waals surface area contributed by atoms with E-state index in [0.29, 0.717) is 5.56 Å². The minimum Gasteiger partial charge on any atom is -0.460 e. The Morgan fingerprint density at radius 3 is 1.39 bits per heavy atom.